The van der Waals surface area contributed by atoms with Crippen molar-refractivity contribution in [2.45, 2.75) is 26.3 Å². The number of hydrogen-bond donors (Lipinski definition) is 1. The molecule has 6 heteroatoms. The van der Waals surface area contributed by atoms with Gasteiger partial charge in [-0.1, -0.05) is 36.2 Å². The molecule has 0 saturated heterocycles. The number of benzene rings is 1. The Hall–Kier alpha value is -1.26. The highest BCUT2D eigenvalue weighted by atomic mass is 35.5. The van der Waals surface area contributed by atoms with Crippen LogP contribution in [0.1, 0.15) is 30.6 Å². The molecule has 0 aromatic heterocycles. The summed E-state index contributed by atoms with van der Waals surface area (Å²) in [7, 11) is 0. The van der Waals surface area contributed by atoms with Crippen LogP contribution in [0, 0.1) is 0 Å². The summed E-state index contributed by atoms with van der Waals surface area (Å²) in [6, 6.07) is 4.72. The third-order valence-corrected chi connectivity index (χ3v) is 3.15. The largest absolute Gasteiger partial charge is 0.452 e. The monoisotopic (exact) mass is 303 g/mol. The minimum Gasteiger partial charge on any atom is -0.452 e. The highest BCUT2D eigenvalue weighted by Gasteiger charge is 2.17. The summed E-state index contributed by atoms with van der Waals surface area (Å²) in [6.07, 6.45) is 0.802. The van der Waals surface area contributed by atoms with Gasteiger partial charge in [-0.3, -0.25) is 4.79 Å². The number of rotatable bonds is 5. The highest BCUT2D eigenvalue weighted by Crippen LogP contribution is 2.24. The molecule has 4 nitrogen and oxygen atoms in total. The minimum absolute atomic E-state index is 0.0371. The Bertz CT molecular complexity index is 457. The Balaban J connectivity index is 2.59. The summed E-state index contributed by atoms with van der Waals surface area (Å²) in [6.45, 7) is 3.45. The van der Waals surface area contributed by atoms with Crippen molar-refractivity contribution < 1.29 is 14.3 Å². The van der Waals surface area contributed by atoms with Crippen LogP contribution in [-0.4, -0.2) is 24.5 Å². The van der Waals surface area contributed by atoms with E-state index in [9.17, 15) is 9.59 Å². The van der Waals surface area contributed by atoms with Crippen LogP contribution in [0.5, 0.6) is 0 Å². The molecule has 1 amide bonds. The first-order chi connectivity index (χ1) is 8.95. The lowest BCUT2D eigenvalue weighted by Crippen LogP contribution is -2.35. The molecular formula is C13H15Cl2NO3. The lowest BCUT2D eigenvalue weighted by Gasteiger charge is -2.12. The van der Waals surface area contributed by atoms with Gasteiger partial charge in [-0.05, 0) is 25.5 Å². The standard InChI is InChI=1S/C13H15Cl2NO3/c1-3-8(2)16-11(17)7-19-13(18)12-9(14)5-4-6-10(12)15/h4-6,8H,3,7H2,1-2H3,(H,16,17)/t8-/m0/s1. The first kappa shape index (κ1) is 15.8. The van der Waals surface area contributed by atoms with Gasteiger partial charge in [-0.15, -0.1) is 0 Å². The molecule has 0 heterocycles. The number of hydrogen-bond acceptors (Lipinski definition) is 3. The van der Waals surface area contributed by atoms with E-state index in [-0.39, 0.29) is 34.2 Å². The van der Waals surface area contributed by atoms with Crippen LogP contribution in [0.15, 0.2) is 18.2 Å². The van der Waals surface area contributed by atoms with Crippen molar-refractivity contribution in [3.63, 3.8) is 0 Å². The van der Waals surface area contributed by atoms with Crippen LogP contribution in [-0.2, 0) is 9.53 Å². The number of nitrogens with one attached hydrogen (secondary N) is 1. The smallest absolute Gasteiger partial charge is 0.341 e. The number of esters is 1. The number of carbonyl (C=O) groups excluding carboxylic acids is 2. The van der Waals surface area contributed by atoms with E-state index in [1.165, 1.54) is 12.1 Å². The van der Waals surface area contributed by atoms with E-state index in [4.69, 9.17) is 27.9 Å². The van der Waals surface area contributed by atoms with Gasteiger partial charge in [0, 0.05) is 6.04 Å². The van der Waals surface area contributed by atoms with E-state index in [0.29, 0.717) is 0 Å². The van der Waals surface area contributed by atoms with E-state index in [2.05, 4.69) is 5.32 Å². The van der Waals surface area contributed by atoms with Crippen molar-refractivity contribution in [3.05, 3.63) is 33.8 Å². The second-order valence-electron chi connectivity index (χ2n) is 4.05. The van der Waals surface area contributed by atoms with Crippen molar-refractivity contribution in [3.8, 4) is 0 Å². The fraction of sp³-hybridized carbons (Fsp3) is 0.385. The second kappa shape index (κ2) is 7.36. The molecule has 0 fully saturated rings. The van der Waals surface area contributed by atoms with E-state index in [1.54, 1.807) is 6.07 Å². The van der Waals surface area contributed by atoms with Gasteiger partial charge < -0.3 is 10.1 Å². The van der Waals surface area contributed by atoms with Crippen LogP contribution < -0.4 is 5.32 Å². The van der Waals surface area contributed by atoms with Gasteiger partial charge >= 0.3 is 5.97 Å². The first-order valence-corrected chi connectivity index (χ1v) is 6.61. The molecule has 1 aromatic carbocycles. The Labute approximate surface area is 122 Å². The van der Waals surface area contributed by atoms with Crippen molar-refractivity contribution in [1.82, 2.24) is 5.32 Å². The van der Waals surface area contributed by atoms with Crippen molar-refractivity contribution in [1.29, 1.82) is 0 Å². The molecule has 0 unspecified atom stereocenters. The lowest BCUT2D eigenvalue weighted by atomic mass is 10.2. The average Bonchev–Trinajstić information content (AvgIpc) is 2.36. The predicted molar refractivity (Wildman–Crippen MR) is 74.6 cm³/mol. The predicted octanol–water partition coefficient (Wildman–Crippen LogP) is 3.06. The maximum atomic E-state index is 11.8. The van der Waals surface area contributed by atoms with Crippen molar-refractivity contribution in [2.75, 3.05) is 6.61 Å². The molecule has 0 radical (unpaired) electrons. The first-order valence-electron chi connectivity index (χ1n) is 5.86. The molecule has 0 aliphatic heterocycles. The molecular weight excluding hydrogens is 289 g/mol. The maximum absolute atomic E-state index is 11.8. The fourth-order valence-corrected chi connectivity index (χ4v) is 1.87. The SMILES string of the molecule is CC[C@H](C)NC(=O)COC(=O)c1c(Cl)cccc1Cl. The quantitative estimate of drug-likeness (QED) is 0.851. The normalized spacial score (nSPS) is 11.8. The Kier molecular flexibility index (Phi) is 6.12. The Morgan fingerprint density at radius 2 is 1.89 bits per heavy atom. The van der Waals surface area contributed by atoms with Gasteiger partial charge in [0.1, 0.15) is 0 Å². The molecule has 0 aliphatic rings. The summed E-state index contributed by atoms with van der Waals surface area (Å²) < 4.78 is 4.88. The molecule has 0 aliphatic carbocycles. The van der Waals surface area contributed by atoms with Crippen LogP contribution >= 0.6 is 23.2 Å². The van der Waals surface area contributed by atoms with E-state index >= 15 is 0 Å². The summed E-state index contributed by atoms with van der Waals surface area (Å²) in [4.78, 5) is 23.2. The second-order valence-corrected chi connectivity index (χ2v) is 4.86. The summed E-state index contributed by atoms with van der Waals surface area (Å²) in [5, 5.41) is 3.07. The van der Waals surface area contributed by atoms with Crippen molar-refractivity contribution >= 4 is 35.1 Å². The maximum Gasteiger partial charge on any atom is 0.341 e. The molecule has 1 atom stereocenters. The molecule has 1 aromatic rings. The summed E-state index contributed by atoms with van der Waals surface area (Å²) >= 11 is 11.7. The lowest BCUT2D eigenvalue weighted by molar-refractivity contribution is -0.124. The van der Waals surface area contributed by atoms with E-state index < -0.39 is 5.97 Å². The minimum atomic E-state index is -0.713. The van der Waals surface area contributed by atoms with Gasteiger partial charge in [-0.2, -0.15) is 0 Å². The zero-order valence-electron chi connectivity index (χ0n) is 10.7. The number of amides is 1. The topological polar surface area (TPSA) is 55.4 Å². The molecule has 0 saturated carbocycles. The van der Waals surface area contributed by atoms with E-state index in [0.717, 1.165) is 6.42 Å². The number of ether oxygens (including phenoxy) is 1. The summed E-state index contributed by atoms with van der Waals surface area (Å²) in [5.41, 5.74) is 0.0715. The molecule has 104 valence electrons. The van der Waals surface area contributed by atoms with Crippen LogP contribution in [0.3, 0.4) is 0 Å². The molecule has 0 spiro atoms. The number of carbonyl (C=O) groups is 2. The molecule has 0 bridgehead atoms. The van der Waals surface area contributed by atoms with Gasteiger partial charge in [-0.25, -0.2) is 4.79 Å². The summed E-state index contributed by atoms with van der Waals surface area (Å²) in [5.74, 6) is -1.07. The molecule has 1 N–H and O–H groups in total. The zero-order chi connectivity index (χ0) is 14.4. The molecule has 1 rings (SSSR count). The third kappa shape index (κ3) is 4.73. The average molecular weight is 304 g/mol. The van der Waals surface area contributed by atoms with E-state index in [1.807, 2.05) is 13.8 Å². The highest BCUT2D eigenvalue weighted by molar-refractivity contribution is 6.39. The zero-order valence-corrected chi connectivity index (χ0v) is 12.2. The van der Waals surface area contributed by atoms with Crippen LogP contribution in [0.25, 0.3) is 0 Å². The third-order valence-electron chi connectivity index (χ3n) is 2.52. The Morgan fingerprint density at radius 3 is 2.42 bits per heavy atom. The van der Waals surface area contributed by atoms with Crippen LogP contribution in [0.2, 0.25) is 10.0 Å². The van der Waals surface area contributed by atoms with Gasteiger partial charge in [0.25, 0.3) is 5.91 Å². The number of halogens is 2. The van der Waals surface area contributed by atoms with Gasteiger partial charge in [0.2, 0.25) is 0 Å². The van der Waals surface area contributed by atoms with Gasteiger partial charge in [0.15, 0.2) is 6.61 Å². The van der Waals surface area contributed by atoms with Crippen LogP contribution in [0.4, 0.5) is 0 Å². The fourth-order valence-electron chi connectivity index (χ4n) is 1.31. The Morgan fingerprint density at radius 1 is 1.32 bits per heavy atom. The van der Waals surface area contributed by atoms with Gasteiger partial charge in [0.05, 0.1) is 15.6 Å². The molecule has 19 heavy (non-hydrogen) atoms. The van der Waals surface area contributed by atoms with Crippen molar-refractivity contribution in [2.24, 2.45) is 0 Å².